The quantitative estimate of drug-likeness (QED) is 0.330. The SMILES string of the molecule is CC(=O)O[C@H]1CC(=O)OC(C)(C)[C@@H]2CC(=O)[C@]3(C)[C@H](CC[C@@]4(C)[C@H](c5ccoc5)OC(=O)[C@@H]5O[C@]543)[C@]12C. The standard InChI is InChI=1S/C28H34O9/c1-14(29)34-19-12-20(31)36-24(2,3)17-11-18(30)27(6)16(26(17,19)5)7-9-25(4)21(15-8-10-33-13-15)35-23(32)22-28(25,27)37-22/h8,10,13,16-17,19,21-22H,7,9,11-12H2,1-6H3/t16-,17+,19+,21+,22+,25+,26+,27+,28-/m1/s1. The van der Waals surface area contributed by atoms with Crippen LogP contribution in [0, 0.1) is 28.1 Å². The van der Waals surface area contributed by atoms with E-state index in [0.717, 1.165) is 5.56 Å². The molecule has 0 amide bonds. The van der Waals surface area contributed by atoms with E-state index in [9.17, 15) is 19.2 Å². The van der Waals surface area contributed by atoms with Gasteiger partial charge in [-0.2, -0.15) is 0 Å². The van der Waals surface area contributed by atoms with Crippen LogP contribution in [0.15, 0.2) is 23.0 Å². The third-order valence-electron chi connectivity index (χ3n) is 10.8. The van der Waals surface area contributed by atoms with E-state index in [-0.39, 0.29) is 30.5 Å². The topological polar surface area (TPSA) is 122 Å². The largest absolute Gasteiger partial charge is 0.472 e. The zero-order chi connectivity index (χ0) is 26.8. The lowest BCUT2D eigenvalue weighted by molar-refractivity contribution is -0.234. The number of carbonyl (C=O) groups excluding carboxylic acids is 4. The molecule has 3 saturated heterocycles. The maximum Gasteiger partial charge on any atom is 0.339 e. The predicted octanol–water partition coefficient (Wildman–Crippen LogP) is 3.69. The molecule has 6 rings (SSSR count). The minimum atomic E-state index is -1.09. The number of carbonyl (C=O) groups is 4. The van der Waals surface area contributed by atoms with Crippen LogP contribution in [0.5, 0.6) is 0 Å². The van der Waals surface area contributed by atoms with E-state index in [4.69, 9.17) is 23.4 Å². The highest BCUT2D eigenvalue weighted by Crippen LogP contribution is 2.78. The van der Waals surface area contributed by atoms with Crippen molar-refractivity contribution < 1.29 is 42.5 Å². The van der Waals surface area contributed by atoms with E-state index in [1.165, 1.54) is 13.2 Å². The summed E-state index contributed by atoms with van der Waals surface area (Å²) in [6.45, 7) is 11.0. The molecule has 0 aromatic carbocycles. The van der Waals surface area contributed by atoms with Crippen LogP contribution < -0.4 is 0 Å². The van der Waals surface area contributed by atoms with E-state index in [2.05, 4.69) is 0 Å². The first-order valence-corrected chi connectivity index (χ1v) is 13.1. The lowest BCUT2D eigenvalue weighted by atomic mass is 9.37. The Morgan fingerprint density at radius 3 is 2.41 bits per heavy atom. The van der Waals surface area contributed by atoms with Crippen molar-refractivity contribution in [1.29, 1.82) is 0 Å². The highest BCUT2D eigenvalue weighted by molar-refractivity contribution is 5.93. The summed E-state index contributed by atoms with van der Waals surface area (Å²) in [7, 11) is 0. The summed E-state index contributed by atoms with van der Waals surface area (Å²) in [6, 6.07) is 1.78. The van der Waals surface area contributed by atoms with Crippen molar-refractivity contribution in [3.8, 4) is 0 Å². The van der Waals surface area contributed by atoms with Gasteiger partial charge in [-0.25, -0.2) is 4.79 Å². The first-order valence-electron chi connectivity index (χ1n) is 13.1. The average molecular weight is 515 g/mol. The van der Waals surface area contributed by atoms with E-state index < -0.39 is 63.7 Å². The van der Waals surface area contributed by atoms with Crippen molar-refractivity contribution in [2.75, 3.05) is 0 Å². The molecule has 3 aliphatic heterocycles. The minimum absolute atomic E-state index is 0.0263. The van der Waals surface area contributed by atoms with Gasteiger partial charge in [0.1, 0.15) is 29.2 Å². The van der Waals surface area contributed by atoms with E-state index in [1.54, 1.807) is 12.3 Å². The van der Waals surface area contributed by atoms with E-state index in [0.29, 0.717) is 12.8 Å². The number of ketones is 1. The summed E-state index contributed by atoms with van der Waals surface area (Å²) in [5.41, 5.74) is -3.88. The number of cyclic esters (lactones) is 2. The van der Waals surface area contributed by atoms with Crippen LogP contribution >= 0.6 is 0 Å². The molecule has 2 aliphatic carbocycles. The highest BCUT2D eigenvalue weighted by atomic mass is 16.7. The maximum atomic E-state index is 14.4. The van der Waals surface area contributed by atoms with Gasteiger partial charge in [0.15, 0.2) is 6.10 Å². The first-order chi connectivity index (χ1) is 17.2. The molecule has 9 nitrogen and oxygen atoms in total. The molecular formula is C28H34O9. The number of ether oxygens (including phenoxy) is 4. The van der Waals surface area contributed by atoms with Crippen molar-refractivity contribution in [1.82, 2.24) is 0 Å². The van der Waals surface area contributed by atoms with Crippen LogP contribution in [0.2, 0.25) is 0 Å². The summed E-state index contributed by atoms with van der Waals surface area (Å²) in [5, 5.41) is 0. The summed E-state index contributed by atoms with van der Waals surface area (Å²) in [4.78, 5) is 52.7. The Kier molecular flexibility index (Phi) is 4.82. The second-order valence-corrected chi connectivity index (χ2v) is 12.7. The van der Waals surface area contributed by atoms with E-state index >= 15 is 0 Å². The van der Waals surface area contributed by atoms with Crippen LogP contribution in [0.25, 0.3) is 0 Å². The molecule has 0 unspecified atom stereocenters. The molecule has 2 saturated carbocycles. The van der Waals surface area contributed by atoms with Crippen LogP contribution in [0.1, 0.15) is 78.9 Å². The Labute approximate surface area is 215 Å². The molecule has 1 spiro atoms. The van der Waals surface area contributed by atoms with Gasteiger partial charge < -0.3 is 23.4 Å². The van der Waals surface area contributed by atoms with Gasteiger partial charge in [0.25, 0.3) is 0 Å². The second-order valence-electron chi connectivity index (χ2n) is 12.7. The fraction of sp³-hybridized carbons (Fsp3) is 0.714. The van der Waals surface area contributed by atoms with Crippen molar-refractivity contribution >= 4 is 23.7 Å². The Morgan fingerprint density at radius 1 is 1.03 bits per heavy atom. The predicted molar refractivity (Wildman–Crippen MR) is 126 cm³/mol. The summed E-state index contributed by atoms with van der Waals surface area (Å²) in [6.07, 6.45) is 2.06. The van der Waals surface area contributed by atoms with Crippen molar-refractivity contribution in [2.45, 2.75) is 96.7 Å². The third-order valence-corrected chi connectivity index (χ3v) is 10.8. The Bertz CT molecular complexity index is 1200. The Balaban J connectivity index is 1.54. The maximum absolute atomic E-state index is 14.4. The lowest BCUT2D eigenvalue weighted by Crippen LogP contribution is -2.72. The minimum Gasteiger partial charge on any atom is -0.472 e. The van der Waals surface area contributed by atoms with Crippen LogP contribution in [-0.4, -0.2) is 47.1 Å². The number of rotatable bonds is 2. The Morgan fingerprint density at radius 2 is 1.76 bits per heavy atom. The normalized spacial score (nSPS) is 47.7. The van der Waals surface area contributed by atoms with Gasteiger partial charge in [-0.3, -0.25) is 14.4 Å². The number of hydrogen-bond acceptors (Lipinski definition) is 9. The van der Waals surface area contributed by atoms with Crippen molar-refractivity contribution in [3.63, 3.8) is 0 Å². The van der Waals surface area contributed by atoms with Crippen LogP contribution in [0.3, 0.4) is 0 Å². The van der Waals surface area contributed by atoms with Gasteiger partial charge in [0.2, 0.25) is 0 Å². The number of epoxide rings is 1. The molecule has 0 N–H and O–H groups in total. The number of fused-ring (bicyclic) bond motifs is 3. The van der Waals surface area contributed by atoms with Gasteiger partial charge in [-0.1, -0.05) is 13.8 Å². The molecule has 9 atom stereocenters. The molecule has 5 aliphatic rings. The molecule has 1 aromatic rings. The number of Topliss-reactive ketones (excluding diaryl/α,β-unsaturated/α-hetero) is 1. The monoisotopic (exact) mass is 514 g/mol. The highest BCUT2D eigenvalue weighted by Gasteiger charge is 2.88. The van der Waals surface area contributed by atoms with Gasteiger partial charge in [-0.15, -0.1) is 0 Å². The molecule has 0 radical (unpaired) electrons. The van der Waals surface area contributed by atoms with Gasteiger partial charge in [0.05, 0.1) is 24.4 Å². The van der Waals surface area contributed by atoms with Gasteiger partial charge in [0, 0.05) is 35.7 Å². The molecular weight excluding hydrogens is 480 g/mol. The number of esters is 3. The van der Waals surface area contributed by atoms with Crippen molar-refractivity contribution in [2.24, 2.45) is 28.1 Å². The molecule has 4 heterocycles. The smallest absolute Gasteiger partial charge is 0.339 e. The molecule has 1 aromatic heterocycles. The molecule has 0 bridgehead atoms. The van der Waals surface area contributed by atoms with Crippen LogP contribution in [0.4, 0.5) is 0 Å². The summed E-state index contributed by atoms with van der Waals surface area (Å²) < 4.78 is 29.3. The lowest BCUT2D eigenvalue weighted by Gasteiger charge is -2.66. The fourth-order valence-electron chi connectivity index (χ4n) is 9.24. The zero-order valence-corrected chi connectivity index (χ0v) is 22.1. The van der Waals surface area contributed by atoms with Crippen LogP contribution in [-0.2, 0) is 38.1 Å². The van der Waals surface area contributed by atoms with Crippen molar-refractivity contribution in [3.05, 3.63) is 24.2 Å². The number of furan rings is 1. The van der Waals surface area contributed by atoms with E-state index in [1.807, 2.05) is 34.6 Å². The second kappa shape index (κ2) is 7.24. The average Bonchev–Trinajstić information content (AvgIpc) is 3.38. The van der Waals surface area contributed by atoms with Gasteiger partial charge >= 0.3 is 17.9 Å². The Hall–Kier alpha value is -2.68. The number of hydrogen-bond donors (Lipinski definition) is 0. The summed E-state index contributed by atoms with van der Waals surface area (Å²) in [5.74, 6) is -2.18. The zero-order valence-electron chi connectivity index (χ0n) is 22.1. The molecule has 9 heteroatoms. The van der Waals surface area contributed by atoms with Gasteiger partial charge in [-0.05, 0) is 45.6 Å². The summed E-state index contributed by atoms with van der Waals surface area (Å²) >= 11 is 0. The first kappa shape index (κ1) is 24.6. The molecule has 5 fully saturated rings. The molecule has 200 valence electrons. The fourth-order valence-corrected chi connectivity index (χ4v) is 9.24. The molecule has 37 heavy (non-hydrogen) atoms. The third kappa shape index (κ3) is 2.79.